The fourth-order valence-electron chi connectivity index (χ4n) is 2.85. The van der Waals surface area contributed by atoms with Crippen molar-refractivity contribution < 1.29 is 19.2 Å². The zero-order valence-electron chi connectivity index (χ0n) is 20.7. The third-order valence-electron chi connectivity index (χ3n) is 4.20. The van der Waals surface area contributed by atoms with E-state index < -0.39 is 17.0 Å². The smallest absolute Gasteiger partial charge is 0.342 e. The maximum Gasteiger partial charge on any atom is 0.342 e. The van der Waals surface area contributed by atoms with Gasteiger partial charge in [0.2, 0.25) is 0 Å². The summed E-state index contributed by atoms with van der Waals surface area (Å²) < 4.78 is 5.38. The monoisotopic (exact) mass is 455 g/mol. The zero-order chi connectivity index (χ0) is 25.2. The highest BCUT2D eigenvalue weighted by Crippen LogP contribution is 2.23. The summed E-state index contributed by atoms with van der Waals surface area (Å²) in [6.07, 6.45) is 3.57. The number of non-ortho nitro benzene ring substituents is 1. The molecule has 0 radical (unpaired) electrons. The average molecular weight is 456 g/mol. The van der Waals surface area contributed by atoms with Gasteiger partial charge in [-0.1, -0.05) is 90.4 Å². The van der Waals surface area contributed by atoms with Gasteiger partial charge in [0.1, 0.15) is 11.7 Å². The number of Topliss-reactive ketones (excluding diaryl/α,β-unsaturated/α-hetero) is 1. The van der Waals surface area contributed by atoms with Crippen LogP contribution in [0.25, 0.3) is 6.08 Å². The molecule has 3 rings (SSSR count). The molecule has 6 heteroatoms. The largest absolute Gasteiger partial charge is 0.458 e. The summed E-state index contributed by atoms with van der Waals surface area (Å²) in [5.74, 6) is -0.975. The van der Waals surface area contributed by atoms with Crippen molar-refractivity contribution in [2.45, 2.75) is 73.3 Å². The predicted molar refractivity (Wildman–Crippen MR) is 134 cm³/mol. The van der Waals surface area contributed by atoms with Crippen LogP contribution in [0.2, 0.25) is 0 Å². The van der Waals surface area contributed by atoms with E-state index in [9.17, 15) is 19.7 Å². The highest BCUT2D eigenvalue weighted by atomic mass is 16.6. The fraction of sp³-hybridized carbons (Fsp3) is 0.407. The van der Waals surface area contributed by atoms with Gasteiger partial charge in [-0.3, -0.25) is 14.9 Å². The quantitative estimate of drug-likeness (QED) is 0.160. The molecule has 6 nitrogen and oxygen atoms in total. The van der Waals surface area contributed by atoms with E-state index in [0.717, 1.165) is 12.0 Å². The van der Waals surface area contributed by atoms with Gasteiger partial charge in [-0.2, -0.15) is 0 Å². The Kier molecular flexibility index (Phi) is 15.6. The van der Waals surface area contributed by atoms with Crippen LogP contribution < -0.4 is 0 Å². The lowest BCUT2D eigenvalue weighted by atomic mass is 9.96. The molecule has 1 aliphatic heterocycles. The topological polar surface area (TPSA) is 86.5 Å². The Morgan fingerprint density at radius 2 is 1.61 bits per heavy atom. The number of benzene rings is 2. The van der Waals surface area contributed by atoms with E-state index in [0.29, 0.717) is 12.0 Å². The molecule has 2 aromatic carbocycles. The molecule has 0 aromatic heterocycles. The molecule has 1 aliphatic rings. The van der Waals surface area contributed by atoms with Crippen LogP contribution in [0.3, 0.4) is 0 Å². The molecule has 0 aliphatic carbocycles. The van der Waals surface area contributed by atoms with Crippen molar-refractivity contribution in [3.05, 3.63) is 81.4 Å². The predicted octanol–water partition coefficient (Wildman–Crippen LogP) is 6.96. The standard InChI is InChI=1S/C20H17NO5.C3H8.2C2H6/c22-19-13-17(10-9-14-5-2-1-3-6-14)26-20(23)18(19)12-15-7-4-8-16(11-15)21(24)25;1-3-2;2*1-2/h1-8,11-12,17H,9-10,13H2;3H2,1-2H3;2*1-2H3/b18-12-;;;. The summed E-state index contributed by atoms with van der Waals surface area (Å²) >= 11 is 0. The number of ether oxygens (including phenoxy) is 1. The second kappa shape index (κ2) is 17.3. The molecule has 0 spiro atoms. The number of nitro benzene ring substituents is 1. The van der Waals surface area contributed by atoms with Crippen molar-refractivity contribution in [3.8, 4) is 0 Å². The summed E-state index contributed by atoms with van der Waals surface area (Å²) in [5.41, 5.74) is 1.37. The number of carbonyl (C=O) groups excluding carboxylic acids is 2. The first kappa shape index (κ1) is 29.7. The van der Waals surface area contributed by atoms with E-state index >= 15 is 0 Å². The number of ketones is 1. The molecular formula is C27H37NO5. The zero-order valence-corrected chi connectivity index (χ0v) is 20.7. The van der Waals surface area contributed by atoms with Crippen LogP contribution in [0, 0.1) is 10.1 Å². The second-order valence-corrected chi connectivity index (χ2v) is 6.80. The Morgan fingerprint density at radius 3 is 2.15 bits per heavy atom. The molecule has 0 saturated carbocycles. The molecule has 1 atom stereocenters. The lowest BCUT2D eigenvalue weighted by molar-refractivity contribution is -0.384. The van der Waals surface area contributed by atoms with Crippen LogP contribution in [0.15, 0.2) is 60.2 Å². The fourth-order valence-corrected chi connectivity index (χ4v) is 2.85. The number of esters is 1. The van der Waals surface area contributed by atoms with Crippen LogP contribution in [0.5, 0.6) is 0 Å². The number of nitro groups is 1. The van der Waals surface area contributed by atoms with Crippen LogP contribution in [0.4, 0.5) is 5.69 Å². The number of carbonyl (C=O) groups is 2. The number of hydrogen-bond acceptors (Lipinski definition) is 5. The van der Waals surface area contributed by atoms with Crippen LogP contribution in [-0.4, -0.2) is 22.8 Å². The van der Waals surface area contributed by atoms with Gasteiger partial charge >= 0.3 is 5.97 Å². The summed E-state index contributed by atoms with van der Waals surface area (Å²) in [5, 5.41) is 10.8. The Balaban J connectivity index is 0.00000132. The molecule has 0 bridgehead atoms. The molecule has 180 valence electrons. The third kappa shape index (κ3) is 10.7. The molecular weight excluding hydrogens is 418 g/mol. The van der Waals surface area contributed by atoms with Crippen molar-refractivity contribution in [3.63, 3.8) is 0 Å². The first-order valence-electron chi connectivity index (χ1n) is 11.7. The van der Waals surface area contributed by atoms with Gasteiger partial charge in [0, 0.05) is 18.6 Å². The van der Waals surface area contributed by atoms with Gasteiger partial charge < -0.3 is 4.74 Å². The van der Waals surface area contributed by atoms with E-state index in [1.165, 1.54) is 30.7 Å². The Morgan fingerprint density at radius 1 is 1.00 bits per heavy atom. The minimum absolute atomic E-state index is 0.0681. The van der Waals surface area contributed by atoms with Gasteiger partial charge in [0.15, 0.2) is 5.78 Å². The van der Waals surface area contributed by atoms with Gasteiger partial charge in [0.25, 0.3) is 5.69 Å². The van der Waals surface area contributed by atoms with Gasteiger partial charge in [-0.15, -0.1) is 0 Å². The van der Waals surface area contributed by atoms with Crippen LogP contribution >= 0.6 is 0 Å². The van der Waals surface area contributed by atoms with Crippen LogP contribution in [-0.2, 0) is 20.7 Å². The van der Waals surface area contributed by atoms with Gasteiger partial charge in [-0.05, 0) is 30.0 Å². The summed E-state index contributed by atoms with van der Waals surface area (Å²) in [6.45, 7) is 12.2. The minimum Gasteiger partial charge on any atom is -0.458 e. The Bertz CT molecular complexity index is 870. The van der Waals surface area contributed by atoms with Crippen molar-refractivity contribution in [2.24, 2.45) is 0 Å². The first-order valence-corrected chi connectivity index (χ1v) is 11.7. The molecule has 1 fully saturated rings. The molecule has 1 saturated heterocycles. The highest BCUT2D eigenvalue weighted by molar-refractivity contribution is 6.22. The van der Waals surface area contributed by atoms with E-state index in [-0.39, 0.29) is 23.5 Å². The van der Waals surface area contributed by atoms with Gasteiger partial charge in [0.05, 0.1) is 4.92 Å². The molecule has 1 heterocycles. The normalized spacial score (nSPS) is 15.6. The molecule has 2 aromatic rings. The lowest BCUT2D eigenvalue weighted by Gasteiger charge is -2.23. The summed E-state index contributed by atoms with van der Waals surface area (Å²) in [4.78, 5) is 34.9. The number of cyclic esters (lactones) is 1. The first-order chi connectivity index (χ1) is 15.9. The average Bonchev–Trinajstić information content (AvgIpc) is 2.84. The van der Waals surface area contributed by atoms with Crippen molar-refractivity contribution in [2.75, 3.05) is 0 Å². The van der Waals surface area contributed by atoms with Crippen LogP contribution in [0.1, 0.15) is 71.9 Å². The van der Waals surface area contributed by atoms with E-state index in [2.05, 4.69) is 13.8 Å². The van der Waals surface area contributed by atoms with Crippen molar-refractivity contribution in [1.82, 2.24) is 0 Å². The van der Waals surface area contributed by atoms with Crippen molar-refractivity contribution >= 4 is 23.5 Å². The van der Waals surface area contributed by atoms with E-state index in [1.54, 1.807) is 6.07 Å². The molecule has 33 heavy (non-hydrogen) atoms. The summed E-state index contributed by atoms with van der Waals surface area (Å²) in [6, 6.07) is 15.5. The Labute approximate surface area is 197 Å². The SMILES string of the molecule is CC.CC.CCC.O=C1CC(CCc2ccccc2)OC(=O)/C1=C\c1cccc([N+](=O)[O-])c1. The minimum atomic E-state index is -0.675. The van der Waals surface area contributed by atoms with E-state index in [1.807, 2.05) is 58.0 Å². The van der Waals surface area contributed by atoms with E-state index in [4.69, 9.17) is 4.74 Å². The third-order valence-corrected chi connectivity index (χ3v) is 4.20. The van der Waals surface area contributed by atoms with Gasteiger partial charge in [-0.25, -0.2) is 4.79 Å². The number of hydrogen-bond donors (Lipinski definition) is 0. The number of nitrogens with zero attached hydrogens (tertiary/aromatic N) is 1. The maximum atomic E-state index is 12.3. The Hall–Kier alpha value is -3.28. The molecule has 1 unspecified atom stereocenters. The highest BCUT2D eigenvalue weighted by Gasteiger charge is 2.31. The number of rotatable bonds is 5. The molecule has 0 amide bonds. The van der Waals surface area contributed by atoms with Crippen molar-refractivity contribution in [1.29, 1.82) is 0 Å². The summed E-state index contributed by atoms with van der Waals surface area (Å²) in [7, 11) is 0. The lowest BCUT2D eigenvalue weighted by Crippen LogP contribution is -2.32. The molecule has 0 N–H and O–H groups in total. The number of aryl methyl sites for hydroxylation is 1. The second-order valence-electron chi connectivity index (χ2n) is 6.80. The maximum absolute atomic E-state index is 12.3.